The van der Waals surface area contributed by atoms with Gasteiger partial charge < -0.3 is 20.3 Å². The molecule has 0 saturated carbocycles. The van der Waals surface area contributed by atoms with Gasteiger partial charge in [0, 0.05) is 29.6 Å². The minimum atomic E-state index is -4.23. The number of benzene rings is 2. The molecule has 1 unspecified atom stereocenters. The predicted molar refractivity (Wildman–Crippen MR) is 159 cm³/mol. The quantitative estimate of drug-likeness (QED) is 0.231. The predicted octanol–water partition coefficient (Wildman–Crippen LogP) is 3.21. The van der Waals surface area contributed by atoms with Gasteiger partial charge in [0.2, 0.25) is 5.91 Å². The molecule has 0 radical (unpaired) electrons. The summed E-state index contributed by atoms with van der Waals surface area (Å²) in [6.45, 7) is 5.16. The number of aryl methyl sites for hydroxylation is 1. The number of sulfonamides is 1. The van der Waals surface area contributed by atoms with E-state index in [1.54, 1.807) is 6.92 Å². The lowest BCUT2D eigenvalue weighted by Crippen LogP contribution is -2.53. The van der Waals surface area contributed by atoms with Gasteiger partial charge in [-0.15, -0.1) is 0 Å². The molecule has 2 aromatic carbocycles. The Morgan fingerprint density at radius 2 is 1.86 bits per heavy atom. The third-order valence-electron chi connectivity index (χ3n) is 7.68. The highest BCUT2D eigenvalue weighted by Crippen LogP contribution is 2.32. The number of Topliss-reactive ketones (excluding diaryl/α,β-unsaturated/α-hetero) is 1. The number of furan rings is 1. The zero-order chi connectivity index (χ0) is 30.9. The summed E-state index contributed by atoms with van der Waals surface area (Å²) in [5.74, 6) is -1.45. The Labute approximate surface area is 249 Å². The number of amides is 2. The lowest BCUT2D eigenvalue weighted by atomic mass is 10.0. The maximum Gasteiger partial charge on any atom is 0.323 e. The molecule has 226 valence electrons. The minimum absolute atomic E-state index is 0.0154. The fourth-order valence-electron chi connectivity index (χ4n) is 5.54. The fraction of sp³-hybridized carbons (Fsp3) is 0.355. The maximum atomic E-state index is 13.5. The molecular formula is C31H34N4O7S. The normalized spacial score (nSPS) is 17.2. The summed E-state index contributed by atoms with van der Waals surface area (Å²) in [4.78, 5) is 40.1. The molecule has 0 spiro atoms. The number of aromatic nitrogens is 1. The van der Waals surface area contributed by atoms with Gasteiger partial charge in [-0.1, -0.05) is 44.2 Å². The third kappa shape index (κ3) is 6.11. The van der Waals surface area contributed by atoms with E-state index in [-0.39, 0.29) is 35.8 Å². The molecule has 4 aromatic rings. The van der Waals surface area contributed by atoms with E-state index in [1.807, 2.05) is 50.2 Å². The Hall–Kier alpha value is -4.29. The van der Waals surface area contributed by atoms with Crippen LogP contribution >= 0.6 is 0 Å². The van der Waals surface area contributed by atoms with Gasteiger partial charge in [0.1, 0.15) is 11.6 Å². The van der Waals surface area contributed by atoms with Gasteiger partial charge in [-0.2, -0.15) is 9.04 Å². The van der Waals surface area contributed by atoms with Crippen molar-refractivity contribution in [2.75, 3.05) is 13.1 Å². The molecule has 0 aliphatic carbocycles. The maximum absolute atomic E-state index is 13.5. The van der Waals surface area contributed by atoms with Crippen LogP contribution in [0, 0.1) is 18.0 Å². The van der Waals surface area contributed by atoms with Crippen molar-refractivity contribution < 1.29 is 31.9 Å². The number of hydrogen-bond acceptors (Lipinski definition) is 7. The average molecular weight is 607 g/mol. The van der Waals surface area contributed by atoms with Gasteiger partial charge in [0.25, 0.3) is 5.91 Å². The second kappa shape index (κ2) is 12.1. The van der Waals surface area contributed by atoms with E-state index in [0.29, 0.717) is 17.6 Å². The standard InChI is InChI=1S/C31H34N4O7S/c1-19(2)17-24(33-31(38)29-20(3)28-22-10-5-4-9-21(22)13-14-26(28)42-29)30(37)32-23-11-8-15-34(18-25(23)36)43(40,41)27-12-6-7-16-35(27)39/h4-7,9-10,12-14,16,19,23-24H,8,11,15,17-18H2,1-3H3,(H,32,37)(H,33,38)/t23-,24?/m0/s1. The molecule has 5 rings (SSSR count). The fourth-order valence-corrected chi connectivity index (χ4v) is 7.01. The van der Waals surface area contributed by atoms with Crippen molar-refractivity contribution in [1.29, 1.82) is 0 Å². The molecule has 2 N–H and O–H groups in total. The largest absolute Gasteiger partial charge is 0.618 e. The molecule has 1 fully saturated rings. The first-order valence-corrected chi connectivity index (χ1v) is 15.6. The van der Waals surface area contributed by atoms with Crippen molar-refractivity contribution in [3.8, 4) is 0 Å². The number of rotatable bonds is 8. The van der Waals surface area contributed by atoms with Crippen molar-refractivity contribution in [3.05, 3.63) is 77.3 Å². The van der Waals surface area contributed by atoms with Crippen LogP contribution < -0.4 is 15.4 Å². The van der Waals surface area contributed by atoms with Crippen LogP contribution in [0.1, 0.15) is 49.2 Å². The van der Waals surface area contributed by atoms with Crippen LogP contribution in [-0.2, 0) is 19.6 Å². The Bertz CT molecular complexity index is 1820. The molecular weight excluding hydrogens is 572 g/mol. The molecule has 1 aliphatic heterocycles. The second-order valence-corrected chi connectivity index (χ2v) is 13.1. The van der Waals surface area contributed by atoms with E-state index in [2.05, 4.69) is 10.6 Å². The van der Waals surface area contributed by atoms with Gasteiger partial charge >= 0.3 is 15.0 Å². The van der Waals surface area contributed by atoms with Gasteiger partial charge in [-0.05, 0) is 55.0 Å². The second-order valence-electron chi connectivity index (χ2n) is 11.2. The van der Waals surface area contributed by atoms with E-state index >= 15 is 0 Å². The summed E-state index contributed by atoms with van der Waals surface area (Å²) in [5, 5.41) is 20.0. The molecule has 0 bridgehead atoms. The van der Waals surface area contributed by atoms with Crippen molar-refractivity contribution in [1.82, 2.24) is 14.9 Å². The van der Waals surface area contributed by atoms with Crippen molar-refractivity contribution in [2.24, 2.45) is 5.92 Å². The zero-order valence-electron chi connectivity index (χ0n) is 24.2. The lowest BCUT2D eigenvalue weighted by molar-refractivity contribution is -0.646. The Kier molecular flexibility index (Phi) is 8.52. The van der Waals surface area contributed by atoms with Crippen LogP contribution in [0.15, 0.2) is 70.2 Å². The van der Waals surface area contributed by atoms with Crippen LogP contribution in [0.5, 0.6) is 0 Å². The molecule has 3 heterocycles. The first-order chi connectivity index (χ1) is 20.5. The minimum Gasteiger partial charge on any atom is -0.618 e. The van der Waals surface area contributed by atoms with Crippen molar-refractivity contribution in [2.45, 2.75) is 57.1 Å². The van der Waals surface area contributed by atoms with Crippen LogP contribution in [-0.4, -0.2) is 55.5 Å². The summed E-state index contributed by atoms with van der Waals surface area (Å²) in [6.07, 6.45) is 1.88. The van der Waals surface area contributed by atoms with Crippen LogP contribution in [0.3, 0.4) is 0 Å². The number of pyridine rings is 1. The number of carbonyl (C=O) groups excluding carboxylic acids is 3. The van der Waals surface area contributed by atoms with E-state index in [0.717, 1.165) is 26.7 Å². The summed E-state index contributed by atoms with van der Waals surface area (Å²) < 4.78 is 33.3. The molecule has 2 amide bonds. The molecule has 2 aromatic heterocycles. The summed E-state index contributed by atoms with van der Waals surface area (Å²) in [7, 11) is -4.23. The molecule has 11 nitrogen and oxygen atoms in total. The smallest absolute Gasteiger partial charge is 0.323 e. The molecule has 1 saturated heterocycles. The van der Waals surface area contributed by atoms with E-state index in [9.17, 15) is 28.0 Å². The SMILES string of the molecule is Cc1c(C(=O)NC(CC(C)C)C(=O)N[C@H]2CCCN(S(=O)(=O)c3cccc[n+]3[O-])CC2=O)oc2ccc3ccccc3c12. The van der Waals surface area contributed by atoms with Gasteiger partial charge in [-0.3, -0.25) is 14.4 Å². The van der Waals surface area contributed by atoms with Gasteiger partial charge in [-0.25, -0.2) is 8.42 Å². The van der Waals surface area contributed by atoms with Gasteiger partial charge in [0.15, 0.2) is 17.7 Å². The van der Waals surface area contributed by atoms with Gasteiger partial charge in [0.05, 0.1) is 12.6 Å². The van der Waals surface area contributed by atoms with E-state index in [4.69, 9.17) is 4.42 Å². The Morgan fingerprint density at radius 3 is 2.60 bits per heavy atom. The summed E-state index contributed by atoms with van der Waals surface area (Å²) in [5.41, 5.74) is 1.22. The highest BCUT2D eigenvalue weighted by molar-refractivity contribution is 7.89. The number of fused-ring (bicyclic) bond motifs is 3. The molecule has 12 heteroatoms. The van der Waals surface area contributed by atoms with Crippen LogP contribution in [0.25, 0.3) is 21.7 Å². The molecule has 2 atom stereocenters. The van der Waals surface area contributed by atoms with Crippen molar-refractivity contribution >= 4 is 49.4 Å². The highest BCUT2D eigenvalue weighted by atomic mass is 32.2. The van der Waals surface area contributed by atoms with Crippen molar-refractivity contribution in [3.63, 3.8) is 0 Å². The number of nitrogens with zero attached hydrogens (tertiary/aromatic N) is 2. The monoisotopic (exact) mass is 606 g/mol. The van der Waals surface area contributed by atoms with Crippen LogP contribution in [0.4, 0.5) is 0 Å². The third-order valence-corrected chi connectivity index (χ3v) is 9.52. The van der Waals surface area contributed by atoms with E-state index in [1.165, 1.54) is 18.2 Å². The van der Waals surface area contributed by atoms with E-state index < -0.39 is 51.3 Å². The molecule has 43 heavy (non-hydrogen) atoms. The van der Waals surface area contributed by atoms with Crippen LogP contribution in [0.2, 0.25) is 0 Å². The number of nitrogens with one attached hydrogen (secondary N) is 2. The number of ketones is 1. The molecule has 1 aliphatic rings. The summed E-state index contributed by atoms with van der Waals surface area (Å²) in [6, 6.07) is 13.7. The Morgan fingerprint density at radius 1 is 1.12 bits per heavy atom. The first kappa shape index (κ1) is 30.2. The lowest BCUT2D eigenvalue weighted by Gasteiger charge is -2.23. The average Bonchev–Trinajstić information content (AvgIpc) is 3.20. The highest BCUT2D eigenvalue weighted by Gasteiger charge is 2.37. The summed E-state index contributed by atoms with van der Waals surface area (Å²) >= 11 is 0. The number of hydrogen-bond donors (Lipinski definition) is 2. The zero-order valence-corrected chi connectivity index (χ0v) is 25.0. The Balaban J connectivity index is 1.32. The first-order valence-electron chi connectivity index (χ1n) is 14.2. The topological polar surface area (TPSA) is 153 Å². The number of carbonyl (C=O) groups is 3.